The first-order valence-corrected chi connectivity index (χ1v) is 3.07. The second-order valence-corrected chi connectivity index (χ2v) is 1.89. The van der Waals surface area contributed by atoms with Crippen LogP contribution in [0.3, 0.4) is 0 Å². The van der Waals surface area contributed by atoms with E-state index in [2.05, 4.69) is 0 Å². The van der Waals surface area contributed by atoms with Crippen molar-refractivity contribution in [3.63, 3.8) is 0 Å². The van der Waals surface area contributed by atoms with E-state index in [9.17, 15) is 0 Å². The van der Waals surface area contributed by atoms with Crippen LogP contribution < -0.4 is 6.15 Å². The zero-order valence-electron chi connectivity index (χ0n) is 5.18. The molecule has 0 bridgehead atoms. The minimum absolute atomic E-state index is 0. The molecule has 1 aromatic carbocycles. The van der Waals surface area contributed by atoms with Crippen LogP contribution in [-0.4, -0.2) is 0 Å². The third kappa shape index (κ3) is 5.89. The van der Waals surface area contributed by atoms with E-state index in [1.54, 1.807) is 0 Å². The van der Waals surface area contributed by atoms with E-state index in [1.165, 1.54) is 5.56 Å². The molecule has 1 aromatic rings. The molecule has 1 rings (SSSR count). The van der Waals surface area contributed by atoms with Crippen molar-refractivity contribution in [3.05, 3.63) is 35.9 Å². The van der Waals surface area contributed by atoms with Crippen LogP contribution in [0.15, 0.2) is 30.3 Å². The van der Waals surface area contributed by atoms with Crippen LogP contribution in [0.25, 0.3) is 0 Å². The van der Waals surface area contributed by atoms with Crippen molar-refractivity contribution in [1.29, 1.82) is 0 Å². The van der Waals surface area contributed by atoms with Gasteiger partial charge in [0, 0.05) is 5.88 Å². The van der Waals surface area contributed by atoms with E-state index < -0.39 is 0 Å². The van der Waals surface area contributed by atoms with Crippen molar-refractivity contribution in [1.82, 2.24) is 6.15 Å². The number of rotatable bonds is 1. The molecule has 0 heterocycles. The van der Waals surface area contributed by atoms with Crippen molar-refractivity contribution < 1.29 is 0 Å². The van der Waals surface area contributed by atoms with Crippen LogP contribution in [0.2, 0.25) is 0 Å². The van der Waals surface area contributed by atoms with Crippen molar-refractivity contribution in [2.45, 2.75) is 20.7 Å². The fraction of sp³-hybridized carbons (Fsp3) is 0.333. The smallest absolute Gasteiger partial charge is 0.0474 e. The first kappa shape index (κ1) is 16.8. The van der Waals surface area contributed by atoms with Crippen molar-refractivity contribution >= 4 is 11.6 Å². The van der Waals surface area contributed by atoms with Gasteiger partial charge in [-0.15, -0.1) is 11.6 Å². The fourth-order valence-electron chi connectivity index (χ4n) is 0.567. The summed E-state index contributed by atoms with van der Waals surface area (Å²) in [6.45, 7) is 0. The summed E-state index contributed by atoms with van der Waals surface area (Å²) >= 11 is 5.53. The van der Waals surface area contributed by atoms with E-state index in [0.717, 1.165) is 0 Å². The number of hydrogen-bond acceptors (Lipinski definition) is 1. The third-order valence-corrected chi connectivity index (χ3v) is 1.31. The summed E-state index contributed by atoms with van der Waals surface area (Å²) < 4.78 is 0. The van der Waals surface area contributed by atoms with Crippen LogP contribution in [-0.2, 0) is 5.88 Å². The summed E-state index contributed by atoms with van der Waals surface area (Å²) in [6, 6.07) is 9.96. The van der Waals surface area contributed by atoms with Gasteiger partial charge in [-0.3, -0.25) is 0 Å². The summed E-state index contributed by atoms with van der Waals surface area (Å²) in [7, 11) is 0. The van der Waals surface area contributed by atoms with Gasteiger partial charge >= 0.3 is 0 Å². The number of benzene rings is 1. The first-order valence-electron chi connectivity index (χ1n) is 2.53. The molecular formula is C9H18ClN. The Labute approximate surface area is 75.0 Å². The lowest BCUT2D eigenvalue weighted by molar-refractivity contribution is 1.41. The Morgan fingerprint density at radius 2 is 1.45 bits per heavy atom. The maximum absolute atomic E-state index is 5.53. The Balaban J connectivity index is -0.000000213. The molecule has 66 valence electrons. The predicted molar refractivity (Wildman–Crippen MR) is 54.5 cm³/mol. The normalized spacial score (nSPS) is 6.64. The third-order valence-electron chi connectivity index (χ3n) is 0.997. The summed E-state index contributed by atoms with van der Waals surface area (Å²) in [6.07, 6.45) is 0. The average Bonchev–Trinajstić information content (AvgIpc) is 1.90. The monoisotopic (exact) mass is 175 g/mol. The average molecular weight is 176 g/mol. The van der Waals surface area contributed by atoms with Crippen molar-refractivity contribution in [3.8, 4) is 0 Å². The Morgan fingerprint density at radius 3 is 1.73 bits per heavy atom. The summed E-state index contributed by atoms with van der Waals surface area (Å²) in [4.78, 5) is 0. The van der Waals surface area contributed by atoms with E-state index in [0.29, 0.717) is 5.88 Å². The van der Waals surface area contributed by atoms with Gasteiger partial charge in [0.1, 0.15) is 0 Å². The SMILES string of the molecule is C.C.ClCc1ccccc1.N. The molecule has 0 aliphatic carbocycles. The zero-order chi connectivity index (χ0) is 5.82. The molecule has 11 heavy (non-hydrogen) atoms. The molecule has 0 radical (unpaired) electrons. The van der Waals surface area contributed by atoms with Crippen LogP contribution in [0.1, 0.15) is 20.4 Å². The fourth-order valence-corrected chi connectivity index (χ4v) is 0.745. The molecule has 0 atom stereocenters. The molecule has 0 unspecified atom stereocenters. The van der Waals surface area contributed by atoms with Crippen LogP contribution in [0.5, 0.6) is 0 Å². The first-order chi connectivity index (χ1) is 3.93. The van der Waals surface area contributed by atoms with Crippen molar-refractivity contribution in [2.24, 2.45) is 0 Å². The highest BCUT2D eigenvalue weighted by molar-refractivity contribution is 6.17. The van der Waals surface area contributed by atoms with Gasteiger partial charge in [-0.25, -0.2) is 0 Å². The highest BCUT2D eigenvalue weighted by atomic mass is 35.5. The summed E-state index contributed by atoms with van der Waals surface area (Å²) in [5.41, 5.74) is 1.18. The Kier molecular flexibility index (Phi) is 14.5. The highest BCUT2D eigenvalue weighted by Crippen LogP contribution is 2.00. The standard InChI is InChI=1S/C7H7Cl.2CH4.H3N/c8-6-7-4-2-1-3-5-7;;;/h1-5H,6H2;2*1H4;1H3. The number of alkyl halides is 1. The highest BCUT2D eigenvalue weighted by Gasteiger charge is 1.81. The van der Waals surface area contributed by atoms with Gasteiger partial charge in [0.2, 0.25) is 0 Å². The Hall–Kier alpha value is -0.530. The quantitative estimate of drug-likeness (QED) is 0.647. The largest absolute Gasteiger partial charge is 0.344 e. The molecule has 0 spiro atoms. The van der Waals surface area contributed by atoms with Crippen LogP contribution >= 0.6 is 11.6 Å². The van der Waals surface area contributed by atoms with Gasteiger partial charge in [0.15, 0.2) is 0 Å². The van der Waals surface area contributed by atoms with Gasteiger partial charge in [-0.1, -0.05) is 45.2 Å². The minimum atomic E-state index is 0. The zero-order valence-corrected chi connectivity index (χ0v) is 5.93. The second kappa shape index (κ2) is 9.47. The van der Waals surface area contributed by atoms with E-state index in [1.807, 2.05) is 30.3 Å². The van der Waals surface area contributed by atoms with Crippen LogP contribution in [0.4, 0.5) is 0 Å². The van der Waals surface area contributed by atoms with Crippen LogP contribution in [0, 0.1) is 0 Å². The predicted octanol–water partition coefficient (Wildman–Crippen LogP) is 3.86. The van der Waals surface area contributed by atoms with E-state index >= 15 is 0 Å². The maximum atomic E-state index is 5.53. The van der Waals surface area contributed by atoms with E-state index in [4.69, 9.17) is 11.6 Å². The molecule has 0 fully saturated rings. The van der Waals surface area contributed by atoms with Gasteiger partial charge in [-0.05, 0) is 5.56 Å². The molecule has 0 aliphatic heterocycles. The summed E-state index contributed by atoms with van der Waals surface area (Å²) in [5, 5.41) is 0. The molecule has 1 nitrogen and oxygen atoms in total. The van der Waals surface area contributed by atoms with Gasteiger partial charge in [0.05, 0.1) is 0 Å². The second-order valence-electron chi connectivity index (χ2n) is 1.62. The molecule has 0 amide bonds. The lowest BCUT2D eigenvalue weighted by Gasteiger charge is -1.88. The molecule has 0 saturated carbocycles. The molecule has 0 aliphatic rings. The molecular weight excluding hydrogens is 158 g/mol. The minimum Gasteiger partial charge on any atom is -0.344 e. The molecule has 3 N–H and O–H groups in total. The Morgan fingerprint density at radius 1 is 1.00 bits per heavy atom. The number of hydrogen-bond donors (Lipinski definition) is 1. The Bertz CT molecular complexity index is 151. The molecule has 0 saturated heterocycles. The molecule has 0 aromatic heterocycles. The molecule has 2 heteroatoms. The lowest BCUT2D eigenvalue weighted by Crippen LogP contribution is -1.71. The van der Waals surface area contributed by atoms with E-state index in [-0.39, 0.29) is 21.0 Å². The van der Waals surface area contributed by atoms with Gasteiger partial charge in [0.25, 0.3) is 0 Å². The maximum Gasteiger partial charge on any atom is 0.0474 e. The van der Waals surface area contributed by atoms with Crippen molar-refractivity contribution in [2.75, 3.05) is 0 Å². The topological polar surface area (TPSA) is 35.0 Å². The lowest BCUT2D eigenvalue weighted by atomic mass is 10.2. The van der Waals surface area contributed by atoms with Gasteiger partial charge < -0.3 is 6.15 Å². The summed E-state index contributed by atoms with van der Waals surface area (Å²) in [5.74, 6) is 0.612. The van der Waals surface area contributed by atoms with Gasteiger partial charge in [-0.2, -0.15) is 0 Å². The number of halogens is 1.